The van der Waals surface area contributed by atoms with Gasteiger partial charge < -0.3 is 4.90 Å². The Balaban J connectivity index is 1.91. The van der Waals surface area contributed by atoms with Crippen LogP contribution in [0.5, 0.6) is 0 Å². The maximum Gasteiger partial charge on any atom is 0.229 e. The summed E-state index contributed by atoms with van der Waals surface area (Å²) in [6, 6.07) is 0.485. The van der Waals surface area contributed by atoms with Gasteiger partial charge in [0.1, 0.15) is 5.01 Å². The molecule has 5 heteroatoms. The van der Waals surface area contributed by atoms with Gasteiger partial charge in [-0.25, -0.2) is 4.98 Å². The normalized spacial score (nSPS) is 14.9. The van der Waals surface area contributed by atoms with E-state index in [1.807, 2.05) is 5.38 Å². The zero-order chi connectivity index (χ0) is 13.8. The minimum absolute atomic E-state index is 0.221. The fraction of sp³-hybridized carbons (Fsp3) is 0.714. The van der Waals surface area contributed by atoms with E-state index in [9.17, 15) is 4.79 Å². The molecular formula is C14H21ClN2OS. The predicted molar refractivity (Wildman–Crippen MR) is 79.6 cm³/mol. The van der Waals surface area contributed by atoms with Gasteiger partial charge in [0.2, 0.25) is 5.91 Å². The predicted octanol–water partition coefficient (Wildman–Crippen LogP) is 3.46. The summed E-state index contributed by atoms with van der Waals surface area (Å²) < 4.78 is 0. The van der Waals surface area contributed by atoms with E-state index in [4.69, 9.17) is 11.6 Å². The van der Waals surface area contributed by atoms with Crippen LogP contribution in [-0.2, 0) is 17.1 Å². The standard InChI is InChI=1S/C14H21ClN2OS/c1-10(2)5-6-17(12-3-4-12)14(18)7-13-16-11(8-15)9-19-13/h9-10,12H,3-8H2,1-2H3. The largest absolute Gasteiger partial charge is 0.339 e. The fourth-order valence-electron chi connectivity index (χ4n) is 2.02. The van der Waals surface area contributed by atoms with Crippen LogP contribution < -0.4 is 0 Å². The highest BCUT2D eigenvalue weighted by Gasteiger charge is 2.32. The molecule has 1 aromatic rings. The van der Waals surface area contributed by atoms with E-state index in [-0.39, 0.29) is 5.91 Å². The van der Waals surface area contributed by atoms with Crippen molar-refractivity contribution in [2.24, 2.45) is 5.92 Å². The Bertz CT molecular complexity index is 429. The Hall–Kier alpha value is -0.610. The molecule has 0 aromatic carbocycles. The van der Waals surface area contributed by atoms with Crippen molar-refractivity contribution in [1.82, 2.24) is 9.88 Å². The Morgan fingerprint density at radius 1 is 1.58 bits per heavy atom. The lowest BCUT2D eigenvalue weighted by atomic mass is 10.1. The van der Waals surface area contributed by atoms with Crippen molar-refractivity contribution in [3.63, 3.8) is 0 Å². The highest BCUT2D eigenvalue weighted by Crippen LogP contribution is 2.28. The van der Waals surface area contributed by atoms with Gasteiger partial charge in [-0.05, 0) is 25.2 Å². The smallest absolute Gasteiger partial charge is 0.229 e. The number of carbonyl (C=O) groups excluding carboxylic acids is 1. The van der Waals surface area contributed by atoms with E-state index < -0.39 is 0 Å². The highest BCUT2D eigenvalue weighted by atomic mass is 35.5. The lowest BCUT2D eigenvalue weighted by Gasteiger charge is -2.23. The van der Waals surface area contributed by atoms with Crippen molar-refractivity contribution in [3.8, 4) is 0 Å². The first kappa shape index (κ1) is 14.8. The van der Waals surface area contributed by atoms with Gasteiger partial charge in [-0.15, -0.1) is 22.9 Å². The molecule has 2 rings (SSSR count). The van der Waals surface area contributed by atoms with Crippen molar-refractivity contribution in [2.75, 3.05) is 6.54 Å². The van der Waals surface area contributed by atoms with Gasteiger partial charge in [-0.3, -0.25) is 4.79 Å². The van der Waals surface area contributed by atoms with Crippen molar-refractivity contribution in [2.45, 2.75) is 51.5 Å². The quantitative estimate of drug-likeness (QED) is 0.723. The van der Waals surface area contributed by atoms with E-state index in [0.29, 0.717) is 24.3 Å². The Labute approximate surface area is 124 Å². The van der Waals surface area contributed by atoms with Gasteiger partial charge in [-0.2, -0.15) is 0 Å². The molecule has 0 aliphatic heterocycles. The van der Waals surface area contributed by atoms with E-state index in [0.717, 1.165) is 36.5 Å². The summed E-state index contributed by atoms with van der Waals surface area (Å²) in [5.41, 5.74) is 0.870. The third kappa shape index (κ3) is 4.46. The van der Waals surface area contributed by atoms with Gasteiger partial charge in [0, 0.05) is 18.0 Å². The summed E-state index contributed by atoms with van der Waals surface area (Å²) in [6.07, 6.45) is 3.83. The number of hydrogen-bond acceptors (Lipinski definition) is 3. The number of halogens is 1. The first-order valence-electron chi connectivity index (χ1n) is 6.89. The molecule has 1 aliphatic carbocycles. The van der Waals surface area contributed by atoms with Gasteiger partial charge >= 0.3 is 0 Å². The molecule has 1 saturated carbocycles. The first-order valence-corrected chi connectivity index (χ1v) is 8.30. The molecule has 0 unspecified atom stereocenters. The molecular weight excluding hydrogens is 280 g/mol. The van der Waals surface area contributed by atoms with E-state index in [1.165, 1.54) is 11.3 Å². The van der Waals surface area contributed by atoms with Crippen LogP contribution in [0, 0.1) is 5.92 Å². The average Bonchev–Trinajstić information content (AvgIpc) is 3.09. The average molecular weight is 301 g/mol. The summed E-state index contributed by atoms with van der Waals surface area (Å²) in [5, 5.41) is 2.82. The van der Waals surface area contributed by atoms with Crippen LogP contribution in [0.25, 0.3) is 0 Å². The lowest BCUT2D eigenvalue weighted by molar-refractivity contribution is -0.131. The zero-order valence-corrected chi connectivity index (χ0v) is 13.1. The number of aromatic nitrogens is 1. The van der Waals surface area contributed by atoms with Crippen LogP contribution in [0.15, 0.2) is 5.38 Å². The third-order valence-corrected chi connectivity index (χ3v) is 4.47. The molecule has 0 saturated heterocycles. The number of rotatable bonds is 7. The van der Waals surface area contributed by atoms with Gasteiger partial charge in [-0.1, -0.05) is 13.8 Å². The number of nitrogens with zero attached hydrogens (tertiary/aromatic N) is 2. The number of alkyl halides is 1. The Kier molecular flexibility index (Phi) is 5.22. The van der Waals surface area contributed by atoms with Crippen LogP contribution in [0.4, 0.5) is 0 Å². The molecule has 19 heavy (non-hydrogen) atoms. The number of amides is 1. The second-order valence-corrected chi connectivity index (χ2v) is 6.75. The minimum Gasteiger partial charge on any atom is -0.339 e. The minimum atomic E-state index is 0.221. The van der Waals surface area contributed by atoms with Crippen molar-refractivity contribution >= 4 is 28.8 Å². The number of carbonyl (C=O) groups is 1. The van der Waals surface area contributed by atoms with Crippen LogP contribution in [0.2, 0.25) is 0 Å². The summed E-state index contributed by atoms with van der Waals surface area (Å²) in [4.78, 5) is 18.8. The van der Waals surface area contributed by atoms with Gasteiger partial charge in [0.15, 0.2) is 0 Å². The molecule has 106 valence electrons. The van der Waals surface area contributed by atoms with Gasteiger partial charge in [0.25, 0.3) is 0 Å². The van der Waals surface area contributed by atoms with E-state index in [1.54, 1.807) is 0 Å². The zero-order valence-electron chi connectivity index (χ0n) is 11.6. The van der Waals surface area contributed by atoms with E-state index in [2.05, 4.69) is 23.7 Å². The molecule has 1 aliphatic rings. The summed E-state index contributed by atoms with van der Waals surface area (Å²) >= 11 is 7.27. The topological polar surface area (TPSA) is 33.2 Å². The summed E-state index contributed by atoms with van der Waals surface area (Å²) in [6.45, 7) is 5.28. The molecule has 1 amide bonds. The molecule has 0 spiro atoms. The van der Waals surface area contributed by atoms with Crippen molar-refractivity contribution < 1.29 is 4.79 Å². The van der Waals surface area contributed by atoms with Crippen LogP contribution >= 0.6 is 22.9 Å². The number of hydrogen-bond donors (Lipinski definition) is 0. The molecule has 1 fully saturated rings. The fourth-order valence-corrected chi connectivity index (χ4v) is 3.03. The highest BCUT2D eigenvalue weighted by molar-refractivity contribution is 7.09. The Morgan fingerprint density at radius 3 is 2.84 bits per heavy atom. The first-order chi connectivity index (χ1) is 9.10. The molecule has 0 radical (unpaired) electrons. The van der Waals surface area contributed by atoms with E-state index >= 15 is 0 Å². The Morgan fingerprint density at radius 2 is 2.32 bits per heavy atom. The lowest BCUT2D eigenvalue weighted by Crippen LogP contribution is -2.35. The van der Waals surface area contributed by atoms with Crippen LogP contribution in [0.3, 0.4) is 0 Å². The van der Waals surface area contributed by atoms with Crippen molar-refractivity contribution in [3.05, 3.63) is 16.1 Å². The SMILES string of the molecule is CC(C)CCN(C(=O)Cc1nc(CCl)cs1)C1CC1. The third-order valence-electron chi connectivity index (χ3n) is 3.29. The maximum absolute atomic E-state index is 12.4. The van der Waals surface area contributed by atoms with Crippen LogP contribution in [0.1, 0.15) is 43.8 Å². The maximum atomic E-state index is 12.4. The monoisotopic (exact) mass is 300 g/mol. The molecule has 0 atom stereocenters. The second-order valence-electron chi connectivity index (χ2n) is 5.54. The van der Waals surface area contributed by atoms with Crippen molar-refractivity contribution in [1.29, 1.82) is 0 Å². The molecule has 1 aromatic heterocycles. The summed E-state index contributed by atoms with van der Waals surface area (Å²) in [7, 11) is 0. The van der Waals surface area contributed by atoms with Crippen LogP contribution in [-0.4, -0.2) is 28.4 Å². The number of thiazole rings is 1. The molecule has 0 N–H and O–H groups in total. The second kappa shape index (κ2) is 6.71. The molecule has 3 nitrogen and oxygen atoms in total. The summed E-state index contributed by atoms with van der Waals surface area (Å²) in [5.74, 6) is 1.28. The molecule has 0 bridgehead atoms. The molecule has 1 heterocycles. The van der Waals surface area contributed by atoms with Gasteiger partial charge in [0.05, 0.1) is 18.0 Å².